The molecule has 0 radical (unpaired) electrons. The van der Waals surface area contributed by atoms with Crippen LogP contribution >= 0.6 is 0 Å². The fourth-order valence-electron chi connectivity index (χ4n) is 10.0. The van der Waals surface area contributed by atoms with Crippen LogP contribution in [-0.4, -0.2) is 0 Å². The minimum absolute atomic E-state index is 0.0643. The number of rotatable bonds is 4. The van der Waals surface area contributed by atoms with Gasteiger partial charge in [-0.3, -0.25) is 0 Å². The molecule has 0 amide bonds. The number of nitrogens with zero attached hydrogens (tertiary/aromatic N) is 1. The summed E-state index contributed by atoms with van der Waals surface area (Å²) in [6.45, 7) is 7.13. The first kappa shape index (κ1) is 30.7. The number of fused-ring (bicyclic) bond motifs is 13. The van der Waals surface area contributed by atoms with Gasteiger partial charge in [0.1, 0.15) is 11.2 Å². The molecule has 11 rings (SSSR count). The molecule has 0 saturated carbocycles. The van der Waals surface area contributed by atoms with E-state index in [0.717, 1.165) is 36.8 Å². The maximum Gasteiger partial charge on any atom is 0.144 e. The van der Waals surface area contributed by atoms with Crippen molar-refractivity contribution < 1.29 is 4.42 Å². The maximum absolute atomic E-state index is 7.12. The molecule has 0 aliphatic heterocycles. The summed E-state index contributed by atoms with van der Waals surface area (Å²) in [5.74, 6) is 0.210. The molecule has 1 heterocycles. The second-order valence-corrected chi connectivity index (χ2v) is 15.8. The Hall–Kier alpha value is -5.86. The molecule has 0 bridgehead atoms. The SMILES string of the molecule is CC1c2cc(N(C3=CC=CCC3)c3ccc4c(c3)C(C)(C)c3ccccc3-4)ccc2-c2c1c1ccccc1c1c2oc2c(C3=CCCC=C3)cccc21. The topological polar surface area (TPSA) is 16.4 Å². The normalized spacial score (nSPS) is 17.8. The van der Waals surface area contributed by atoms with Crippen LogP contribution in [0, 0.1) is 0 Å². The van der Waals surface area contributed by atoms with Crippen LogP contribution in [0.1, 0.15) is 80.2 Å². The lowest BCUT2D eigenvalue weighted by atomic mass is 9.82. The molecule has 256 valence electrons. The predicted molar refractivity (Wildman–Crippen MR) is 223 cm³/mol. The Labute approximate surface area is 311 Å². The molecule has 0 fully saturated rings. The second kappa shape index (κ2) is 11.3. The molecular weight excluding hydrogens is 643 g/mol. The third kappa shape index (κ3) is 4.33. The van der Waals surface area contributed by atoms with Crippen molar-refractivity contribution in [3.05, 3.63) is 173 Å². The lowest BCUT2D eigenvalue weighted by Gasteiger charge is -2.31. The molecule has 1 aromatic heterocycles. The Morgan fingerprint density at radius 1 is 0.660 bits per heavy atom. The van der Waals surface area contributed by atoms with Gasteiger partial charge in [-0.1, -0.05) is 130 Å². The third-order valence-electron chi connectivity index (χ3n) is 12.6. The van der Waals surface area contributed by atoms with E-state index in [1.165, 1.54) is 94.3 Å². The van der Waals surface area contributed by atoms with E-state index in [-0.39, 0.29) is 11.3 Å². The van der Waals surface area contributed by atoms with Crippen molar-refractivity contribution in [3.63, 3.8) is 0 Å². The molecule has 0 N–H and O–H groups in total. The lowest BCUT2D eigenvalue weighted by Crippen LogP contribution is -2.19. The Morgan fingerprint density at radius 2 is 1.42 bits per heavy atom. The Bertz CT molecular complexity index is 2830. The van der Waals surface area contributed by atoms with E-state index in [1.807, 2.05) is 0 Å². The van der Waals surface area contributed by atoms with E-state index >= 15 is 0 Å². The predicted octanol–water partition coefficient (Wildman–Crippen LogP) is 14.3. The van der Waals surface area contributed by atoms with Gasteiger partial charge in [-0.15, -0.1) is 0 Å². The summed E-state index contributed by atoms with van der Waals surface area (Å²) in [7, 11) is 0. The van der Waals surface area contributed by atoms with Gasteiger partial charge in [0.15, 0.2) is 0 Å². The summed E-state index contributed by atoms with van der Waals surface area (Å²) in [4.78, 5) is 2.52. The van der Waals surface area contributed by atoms with Crippen LogP contribution in [0.4, 0.5) is 11.4 Å². The summed E-state index contributed by atoms with van der Waals surface area (Å²) in [6.07, 6.45) is 17.9. The molecular formula is C51H41NO. The largest absolute Gasteiger partial charge is 0.455 e. The second-order valence-electron chi connectivity index (χ2n) is 15.8. The Kier molecular flexibility index (Phi) is 6.56. The van der Waals surface area contributed by atoms with Crippen LogP contribution < -0.4 is 4.90 Å². The molecule has 7 aromatic rings. The first-order valence-electron chi connectivity index (χ1n) is 19.3. The maximum atomic E-state index is 7.12. The highest BCUT2D eigenvalue weighted by atomic mass is 16.3. The van der Waals surface area contributed by atoms with Gasteiger partial charge in [0, 0.05) is 50.3 Å². The van der Waals surface area contributed by atoms with Gasteiger partial charge in [0.05, 0.1) is 0 Å². The zero-order valence-corrected chi connectivity index (χ0v) is 30.5. The number of allylic oxidation sites excluding steroid dienone is 8. The zero-order valence-electron chi connectivity index (χ0n) is 30.5. The van der Waals surface area contributed by atoms with Gasteiger partial charge in [0.25, 0.3) is 0 Å². The van der Waals surface area contributed by atoms with Gasteiger partial charge in [-0.25, -0.2) is 0 Å². The third-order valence-corrected chi connectivity index (χ3v) is 12.6. The molecule has 6 aromatic carbocycles. The van der Waals surface area contributed by atoms with E-state index in [2.05, 4.69) is 165 Å². The molecule has 1 unspecified atom stereocenters. The number of hydrogen-bond donors (Lipinski definition) is 0. The number of benzene rings is 6. The molecule has 0 saturated heterocycles. The van der Waals surface area contributed by atoms with Crippen LogP contribution in [0.25, 0.3) is 60.5 Å². The minimum atomic E-state index is -0.0643. The minimum Gasteiger partial charge on any atom is -0.455 e. The van der Waals surface area contributed by atoms with Crippen molar-refractivity contribution in [2.75, 3.05) is 4.90 Å². The first-order valence-corrected chi connectivity index (χ1v) is 19.3. The lowest BCUT2D eigenvalue weighted by molar-refractivity contribution is 0.660. The van der Waals surface area contributed by atoms with E-state index in [4.69, 9.17) is 4.42 Å². The summed E-state index contributed by atoms with van der Waals surface area (Å²) in [6, 6.07) is 38.9. The average Bonchev–Trinajstić information content (AvgIpc) is 3.81. The van der Waals surface area contributed by atoms with Crippen LogP contribution in [0.3, 0.4) is 0 Å². The summed E-state index contributed by atoms with van der Waals surface area (Å²) in [5.41, 5.74) is 18.9. The van der Waals surface area contributed by atoms with Crippen LogP contribution in [0.5, 0.6) is 0 Å². The fraction of sp³-hybridized carbons (Fsp3) is 0.176. The Morgan fingerprint density at radius 3 is 2.25 bits per heavy atom. The number of anilines is 2. The Balaban J connectivity index is 1.11. The number of furan rings is 1. The van der Waals surface area contributed by atoms with Gasteiger partial charge in [0.2, 0.25) is 0 Å². The van der Waals surface area contributed by atoms with Crippen LogP contribution in [0.15, 0.2) is 150 Å². The standard InChI is InChI=1S/C51H41NO/c1-31-43-29-34(52(33-17-8-5-9-18-33)35-25-27-38-37-19-12-13-24-44(37)51(2,3)45(38)30-35)26-28-41(43)48-46(31)39-20-10-11-21-40(39)47-42-23-14-22-36(49(42)53-50(47)48)32-15-6-4-7-16-32/h5-6,8,10-17,19-31H,4,7,9,18H2,1-3H3. The molecule has 4 aliphatic rings. The van der Waals surface area contributed by atoms with Gasteiger partial charge in [-0.2, -0.15) is 0 Å². The van der Waals surface area contributed by atoms with Crippen LogP contribution in [-0.2, 0) is 5.41 Å². The van der Waals surface area contributed by atoms with E-state index < -0.39 is 0 Å². The summed E-state index contributed by atoms with van der Waals surface area (Å²) in [5, 5.41) is 5.01. The average molecular weight is 684 g/mol. The fourth-order valence-corrected chi connectivity index (χ4v) is 10.0. The highest BCUT2D eigenvalue weighted by Gasteiger charge is 2.37. The molecule has 4 aliphatic carbocycles. The van der Waals surface area contributed by atoms with Gasteiger partial charge >= 0.3 is 0 Å². The molecule has 2 heteroatoms. The first-order chi connectivity index (χ1) is 26.0. The monoisotopic (exact) mass is 683 g/mol. The van der Waals surface area contributed by atoms with E-state index in [9.17, 15) is 0 Å². The highest BCUT2D eigenvalue weighted by molar-refractivity contribution is 6.25. The smallest absolute Gasteiger partial charge is 0.144 e. The molecule has 0 spiro atoms. The number of hydrogen-bond acceptors (Lipinski definition) is 2. The molecule has 2 nitrogen and oxygen atoms in total. The quantitative estimate of drug-likeness (QED) is 0.184. The summed E-state index contributed by atoms with van der Waals surface area (Å²) < 4.78 is 7.12. The van der Waals surface area contributed by atoms with E-state index in [1.54, 1.807) is 0 Å². The van der Waals surface area contributed by atoms with Gasteiger partial charge < -0.3 is 9.32 Å². The van der Waals surface area contributed by atoms with Crippen molar-refractivity contribution in [1.82, 2.24) is 0 Å². The van der Waals surface area contributed by atoms with Crippen molar-refractivity contribution >= 4 is 49.7 Å². The van der Waals surface area contributed by atoms with Gasteiger partial charge in [-0.05, 0) is 111 Å². The molecule has 53 heavy (non-hydrogen) atoms. The van der Waals surface area contributed by atoms with Crippen molar-refractivity contribution in [3.8, 4) is 22.3 Å². The van der Waals surface area contributed by atoms with E-state index in [0.29, 0.717) is 0 Å². The summed E-state index contributed by atoms with van der Waals surface area (Å²) >= 11 is 0. The highest BCUT2D eigenvalue weighted by Crippen LogP contribution is 2.56. The van der Waals surface area contributed by atoms with Crippen molar-refractivity contribution in [1.29, 1.82) is 0 Å². The van der Waals surface area contributed by atoms with Crippen molar-refractivity contribution in [2.45, 2.75) is 57.8 Å². The van der Waals surface area contributed by atoms with Crippen LogP contribution in [0.2, 0.25) is 0 Å². The zero-order chi connectivity index (χ0) is 35.4. The molecule has 1 atom stereocenters. The number of para-hydroxylation sites is 1. The van der Waals surface area contributed by atoms with Crippen molar-refractivity contribution in [2.24, 2.45) is 0 Å².